The third-order valence-electron chi connectivity index (χ3n) is 3.33. The van der Waals surface area contributed by atoms with Gasteiger partial charge in [-0.05, 0) is 45.0 Å². The maximum atomic E-state index is 12.6. The molecule has 0 unspecified atom stereocenters. The van der Waals surface area contributed by atoms with E-state index in [1.54, 1.807) is 16.2 Å². The molecule has 0 radical (unpaired) electrons. The number of thiophene rings is 1. The number of hydrogen-bond donors (Lipinski definition) is 0. The van der Waals surface area contributed by atoms with Crippen LogP contribution in [-0.2, 0) is 6.54 Å². The smallest absolute Gasteiger partial charge is 0.269 e. The summed E-state index contributed by atoms with van der Waals surface area (Å²) in [5.41, 5.74) is 0.453. The van der Waals surface area contributed by atoms with Crippen LogP contribution in [0, 0.1) is 17.0 Å². The lowest BCUT2D eigenvalue weighted by Gasteiger charge is -2.26. The van der Waals surface area contributed by atoms with E-state index in [9.17, 15) is 14.9 Å². The van der Waals surface area contributed by atoms with E-state index in [-0.39, 0.29) is 17.6 Å². The number of nitro benzene ring substituents is 1. The second-order valence-electron chi connectivity index (χ2n) is 5.34. The van der Waals surface area contributed by atoms with Crippen molar-refractivity contribution in [3.05, 3.63) is 61.8 Å². The number of hydrogen-bond acceptors (Lipinski definition) is 4. The molecular weight excluding hydrogens is 300 g/mol. The van der Waals surface area contributed by atoms with Gasteiger partial charge < -0.3 is 4.90 Å². The molecule has 0 N–H and O–H groups in total. The normalized spacial score (nSPS) is 10.7. The SMILES string of the molecule is Cc1ccc(CN(C(=O)c2ccc([N+](=O)[O-])cc2)C(C)C)s1. The monoisotopic (exact) mass is 318 g/mol. The molecule has 0 spiro atoms. The molecular formula is C16H18N2O3S. The quantitative estimate of drug-likeness (QED) is 0.618. The van der Waals surface area contributed by atoms with E-state index < -0.39 is 4.92 Å². The van der Waals surface area contributed by atoms with Crippen molar-refractivity contribution >= 4 is 22.9 Å². The summed E-state index contributed by atoms with van der Waals surface area (Å²) in [6, 6.07) is 9.85. The summed E-state index contributed by atoms with van der Waals surface area (Å²) >= 11 is 1.67. The number of nitrogens with zero attached hydrogens (tertiary/aromatic N) is 2. The van der Waals surface area contributed by atoms with Crippen molar-refractivity contribution in [2.24, 2.45) is 0 Å². The Labute approximate surface area is 133 Å². The van der Waals surface area contributed by atoms with Crippen molar-refractivity contribution in [2.75, 3.05) is 0 Å². The van der Waals surface area contributed by atoms with Crippen molar-refractivity contribution in [2.45, 2.75) is 33.4 Å². The molecule has 0 bridgehead atoms. The summed E-state index contributed by atoms with van der Waals surface area (Å²) in [7, 11) is 0. The van der Waals surface area contributed by atoms with Gasteiger partial charge in [0.25, 0.3) is 11.6 Å². The van der Waals surface area contributed by atoms with Gasteiger partial charge in [-0.2, -0.15) is 0 Å². The minimum Gasteiger partial charge on any atom is -0.331 e. The van der Waals surface area contributed by atoms with Crippen LogP contribution < -0.4 is 0 Å². The van der Waals surface area contributed by atoms with Gasteiger partial charge in [0.2, 0.25) is 0 Å². The fraction of sp³-hybridized carbons (Fsp3) is 0.312. The Morgan fingerprint density at radius 3 is 2.32 bits per heavy atom. The highest BCUT2D eigenvalue weighted by atomic mass is 32.1. The summed E-state index contributed by atoms with van der Waals surface area (Å²) in [6.45, 7) is 6.51. The number of non-ortho nitro benzene ring substituents is 1. The molecule has 1 aromatic carbocycles. The van der Waals surface area contributed by atoms with Gasteiger partial charge >= 0.3 is 0 Å². The van der Waals surface area contributed by atoms with Gasteiger partial charge in [-0.3, -0.25) is 14.9 Å². The second kappa shape index (κ2) is 6.70. The lowest BCUT2D eigenvalue weighted by molar-refractivity contribution is -0.384. The third-order valence-corrected chi connectivity index (χ3v) is 4.32. The molecule has 1 amide bonds. The van der Waals surface area contributed by atoms with Gasteiger partial charge in [0.1, 0.15) is 0 Å². The van der Waals surface area contributed by atoms with Crippen LogP contribution in [0.15, 0.2) is 36.4 Å². The minimum atomic E-state index is -0.469. The highest BCUT2D eigenvalue weighted by Gasteiger charge is 2.20. The number of rotatable bonds is 5. The number of aryl methyl sites for hydroxylation is 1. The molecule has 0 saturated heterocycles. The van der Waals surface area contributed by atoms with Crippen molar-refractivity contribution < 1.29 is 9.72 Å². The van der Waals surface area contributed by atoms with E-state index in [2.05, 4.69) is 0 Å². The van der Waals surface area contributed by atoms with Gasteiger partial charge in [0.05, 0.1) is 11.5 Å². The zero-order valence-electron chi connectivity index (χ0n) is 12.8. The van der Waals surface area contributed by atoms with Crippen LogP contribution in [0.5, 0.6) is 0 Å². The maximum absolute atomic E-state index is 12.6. The van der Waals surface area contributed by atoms with E-state index in [1.807, 2.05) is 32.9 Å². The number of nitro groups is 1. The van der Waals surface area contributed by atoms with Gasteiger partial charge in [-0.1, -0.05) is 0 Å². The molecule has 1 heterocycles. The first-order valence-electron chi connectivity index (χ1n) is 6.99. The first-order valence-corrected chi connectivity index (χ1v) is 7.81. The molecule has 0 saturated carbocycles. The van der Waals surface area contributed by atoms with E-state index >= 15 is 0 Å². The Morgan fingerprint density at radius 2 is 1.86 bits per heavy atom. The zero-order valence-corrected chi connectivity index (χ0v) is 13.6. The van der Waals surface area contributed by atoms with E-state index in [4.69, 9.17) is 0 Å². The summed E-state index contributed by atoms with van der Waals surface area (Å²) in [4.78, 5) is 27.0. The van der Waals surface area contributed by atoms with Crippen LogP contribution in [-0.4, -0.2) is 21.8 Å². The molecule has 5 nitrogen and oxygen atoms in total. The molecule has 1 aromatic heterocycles. The Hall–Kier alpha value is -2.21. The molecule has 0 atom stereocenters. The Kier molecular flexibility index (Phi) is 4.92. The molecule has 2 aromatic rings. The number of amides is 1. The zero-order chi connectivity index (χ0) is 16.3. The van der Waals surface area contributed by atoms with Crippen molar-refractivity contribution in [1.29, 1.82) is 0 Å². The highest BCUT2D eigenvalue weighted by Crippen LogP contribution is 2.21. The van der Waals surface area contributed by atoms with Crippen molar-refractivity contribution in [3.63, 3.8) is 0 Å². The lowest BCUT2D eigenvalue weighted by Crippen LogP contribution is -2.36. The Balaban J connectivity index is 2.20. The Morgan fingerprint density at radius 1 is 1.23 bits per heavy atom. The van der Waals surface area contributed by atoms with Gasteiger partial charge in [-0.25, -0.2) is 0 Å². The third kappa shape index (κ3) is 3.71. The van der Waals surface area contributed by atoms with Crippen LogP contribution >= 0.6 is 11.3 Å². The molecule has 116 valence electrons. The van der Waals surface area contributed by atoms with Crippen LogP contribution in [0.3, 0.4) is 0 Å². The molecule has 0 aliphatic carbocycles. The fourth-order valence-corrected chi connectivity index (χ4v) is 3.01. The average molecular weight is 318 g/mol. The summed E-state index contributed by atoms with van der Waals surface area (Å²) in [5, 5.41) is 10.7. The number of carbonyl (C=O) groups excluding carboxylic acids is 1. The predicted molar refractivity (Wildman–Crippen MR) is 87.2 cm³/mol. The van der Waals surface area contributed by atoms with Gasteiger partial charge in [-0.15, -0.1) is 11.3 Å². The number of carbonyl (C=O) groups is 1. The van der Waals surface area contributed by atoms with Gasteiger partial charge in [0, 0.05) is 33.5 Å². The standard InChI is InChI=1S/C16H18N2O3S/c1-11(2)17(10-15-9-4-12(3)22-15)16(19)13-5-7-14(8-6-13)18(20)21/h4-9,11H,10H2,1-3H3. The van der Waals surface area contributed by atoms with E-state index in [0.29, 0.717) is 12.1 Å². The van der Waals surface area contributed by atoms with E-state index in [1.165, 1.54) is 29.1 Å². The van der Waals surface area contributed by atoms with Crippen LogP contribution in [0.2, 0.25) is 0 Å². The minimum absolute atomic E-state index is 0.0125. The summed E-state index contributed by atoms with van der Waals surface area (Å²) < 4.78 is 0. The molecule has 2 rings (SSSR count). The molecule has 22 heavy (non-hydrogen) atoms. The van der Waals surface area contributed by atoms with Crippen molar-refractivity contribution in [1.82, 2.24) is 4.90 Å². The highest BCUT2D eigenvalue weighted by molar-refractivity contribution is 7.11. The number of benzene rings is 1. The first kappa shape index (κ1) is 16.2. The van der Waals surface area contributed by atoms with Crippen LogP contribution in [0.4, 0.5) is 5.69 Å². The fourth-order valence-electron chi connectivity index (χ4n) is 2.12. The predicted octanol–water partition coefficient (Wildman–Crippen LogP) is 4.02. The summed E-state index contributed by atoms with van der Waals surface area (Å²) in [5.74, 6) is -0.115. The molecule has 0 aliphatic heterocycles. The van der Waals surface area contributed by atoms with Crippen molar-refractivity contribution in [3.8, 4) is 0 Å². The van der Waals surface area contributed by atoms with E-state index in [0.717, 1.165) is 4.88 Å². The molecule has 0 aliphatic rings. The van der Waals surface area contributed by atoms with Crippen LogP contribution in [0.1, 0.15) is 34.0 Å². The average Bonchev–Trinajstić information content (AvgIpc) is 2.89. The molecule has 6 heteroatoms. The van der Waals surface area contributed by atoms with Crippen LogP contribution in [0.25, 0.3) is 0 Å². The largest absolute Gasteiger partial charge is 0.331 e. The topological polar surface area (TPSA) is 63.5 Å². The Bertz CT molecular complexity index is 677. The second-order valence-corrected chi connectivity index (χ2v) is 6.72. The summed E-state index contributed by atoms with van der Waals surface area (Å²) in [6.07, 6.45) is 0. The first-order chi connectivity index (χ1) is 10.4. The maximum Gasteiger partial charge on any atom is 0.269 e. The molecule has 0 fully saturated rings. The van der Waals surface area contributed by atoms with Gasteiger partial charge in [0.15, 0.2) is 0 Å². The lowest BCUT2D eigenvalue weighted by atomic mass is 10.1.